The van der Waals surface area contributed by atoms with Crippen molar-refractivity contribution >= 4 is 5.69 Å². The molecule has 106 valence electrons. The average molecular weight is 271 g/mol. The maximum atomic E-state index is 10.0. The van der Waals surface area contributed by atoms with Crippen LogP contribution in [0.15, 0.2) is 42.5 Å². The molecule has 0 spiro atoms. The zero-order valence-electron chi connectivity index (χ0n) is 11.8. The predicted octanol–water partition coefficient (Wildman–Crippen LogP) is 4.50. The maximum Gasteiger partial charge on any atom is 0.169 e. The van der Waals surface area contributed by atoms with Gasteiger partial charge in [0.1, 0.15) is 0 Å². The molecular formula is C17H21NO2. The van der Waals surface area contributed by atoms with Gasteiger partial charge in [-0.15, -0.1) is 0 Å². The summed E-state index contributed by atoms with van der Waals surface area (Å²) in [5.41, 5.74) is 7.51. The van der Waals surface area contributed by atoms with Gasteiger partial charge in [0.15, 0.2) is 17.2 Å². The minimum atomic E-state index is 0.155. The molecule has 3 nitrogen and oxygen atoms in total. The van der Waals surface area contributed by atoms with Crippen molar-refractivity contribution in [2.75, 3.05) is 5.73 Å². The molecule has 0 atom stereocenters. The number of hydrogen-bond acceptors (Lipinski definition) is 3. The lowest BCUT2D eigenvalue weighted by Gasteiger charge is -2.10. The Morgan fingerprint density at radius 3 is 2.55 bits per heavy atom. The van der Waals surface area contributed by atoms with E-state index < -0.39 is 0 Å². The summed E-state index contributed by atoms with van der Waals surface area (Å²) in [5, 5.41) is 10.0. The highest BCUT2D eigenvalue weighted by molar-refractivity contribution is 5.55. The van der Waals surface area contributed by atoms with Crippen LogP contribution in [0.2, 0.25) is 0 Å². The second kappa shape index (κ2) is 6.85. The Labute approximate surface area is 120 Å². The largest absolute Gasteiger partial charge is 0.504 e. The Kier molecular flexibility index (Phi) is 4.88. The van der Waals surface area contributed by atoms with Crippen molar-refractivity contribution in [2.45, 2.75) is 32.6 Å². The van der Waals surface area contributed by atoms with Crippen LogP contribution in [0.3, 0.4) is 0 Å². The van der Waals surface area contributed by atoms with Crippen molar-refractivity contribution in [3.63, 3.8) is 0 Å². The smallest absolute Gasteiger partial charge is 0.169 e. The van der Waals surface area contributed by atoms with E-state index in [1.165, 1.54) is 12.8 Å². The third-order valence-corrected chi connectivity index (χ3v) is 3.23. The molecule has 2 aromatic rings. The van der Waals surface area contributed by atoms with Crippen molar-refractivity contribution in [1.29, 1.82) is 0 Å². The lowest BCUT2D eigenvalue weighted by atomic mass is 10.1. The number of anilines is 1. The molecule has 0 bridgehead atoms. The van der Waals surface area contributed by atoms with E-state index in [0.717, 1.165) is 18.4 Å². The number of rotatable bonds is 6. The summed E-state index contributed by atoms with van der Waals surface area (Å²) in [4.78, 5) is 0. The summed E-state index contributed by atoms with van der Waals surface area (Å²) in [5.74, 6) is 1.14. The van der Waals surface area contributed by atoms with Gasteiger partial charge in [-0.25, -0.2) is 0 Å². The Bertz CT molecular complexity index is 567. The molecule has 3 heteroatoms. The van der Waals surface area contributed by atoms with Gasteiger partial charge in [-0.2, -0.15) is 0 Å². The monoisotopic (exact) mass is 271 g/mol. The Balaban J connectivity index is 2.08. The van der Waals surface area contributed by atoms with Crippen molar-refractivity contribution in [3.8, 4) is 17.2 Å². The molecule has 0 amide bonds. The number of unbranched alkanes of at least 4 members (excludes halogenated alkanes) is 2. The molecular weight excluding hydrogens is 250 g/mol. The first-order chi connectivity index (χ1) is 9.70. The molecule has 20 heavy (non-hydrogen) atoms. The summed E-state index contributed by atoms with van der Waals surface area (Å²) >= 11 is 0. The number of phenolic OH excluding ortho intramolecular Hbond substituents is 1. The molecule has 0 heterocycles. The Hall–Kier alpha value is -2.16. The lowest BCUT2D eigenvalue weighted by molar-refractivity contribution is 0.411. The Morgan fingerprint density at radius 2 is 1.85 bits per heavy atom. The number of hydrogen-bond donors (Lipinski definition) is 2. The number of phenols is 1. The zero-order chi connectivity index (χ0) is 14.4. The van der Waals surface area contributed by atoms with Gasteiger partial charge in [-0.3, -0.25) is 0 Å². The standard InChI is InChI=1S/C17H21NO2/c1-2-3-4-7-13-10-11-17(15(19)12-13)20-16-9-6-5-8-14(16)18/h5-6,8-12,19H,2-4,7,18H2,1H3. The van der Waals surface area contributed by atoms with E-state index in [9.17, 15) is 5.11 Å². The number of ether oxygens (including phenoxy) is 1. The van der Waals surface area contributed by atoms with E-state index in [4.69, 9.17) is 10.5 Å². The molecule has 0 saturated heterocycles. The molecule has 2 rings (SSSR count). The molecule has 0 aliphatic heterocycles. The van der Waals surface area contributed by atoms with Gasteiger partial charge in [0.05, 0.1) is 5.69 Å². The number of aromatic hydroxyl groups is 1. The van der Waals surface area contributed by atoms with E-state index in [1.807, 2.05) is 18.2 Å². The quantitative estimate of drug-likeness (QED) is 0.600. The molecule has 0 radical (unpaired) electrons. The molecule has 0 fully saturated rings. The van der Waals surface area contributed by atoms with Crippen LogP contribution < -0.4 is 10.5 Å². The van der Waals surface area contributed by atoms with Crippen LogP contribution in [0, 0.1) is 0 Å². The van der Waals surface area contributed by atoms with E-state index in [1.54, 1.807) is 24.3 Å². The van der Waals surface area contributed by atoms with Gasteiger partial charge in [-0.1, -0.05) is 38.0 Å². The van der Waals surface area contributed by atoms with Crippen LogP contribution in [-0.4, -0.2) is 5.11 Å². The third-order valence-electron chi connectivity index (χ3n) is 3.23. The number of nitrogens with two attached hydrogens (primary N) is 1. The van der Waals surface area contributed by atoms with E-state index in [-0.39, 0.29) is 5.75 Å². The van der Waals surface area contributed by atoms with Gasteiger partial charge >= 0.3 is 0 Å². The predicted molar refractivity (Wildman–Crippen MR) is 82.3 cm³/mol. The van der Waals surface area contributed by atoms with Crippen LogP contribution in [0.4, 0.5) is 5.69 Å². The first-order valence-corrected chi connectivity index (χ1v) is 7.05. The summed E-state index contributed by atoms with van der Waals surface area (Å²) in [6.07, 6.45) is 4.52. The van der Waals surface area contributed by atoms with Crippen molar-refractivity contribution in [2.24, 2.45) is 0 Å². The maximum absolute atomic E-state index is 10.0. The lowest BCUT2D eigenvalue weighted by Crippen LogP contribution is -1.92. The van der Waals surface area contributed by atoms with Crippen LogP contribution in [-0.2, 0) is 6.42 Å². The van der Waals surface area contributed by atoms with Crippen molar-refractivity contribution in [3.05, 3.63) is 48.0 Å². The summed E-state index contributed by atoms with van der Waals surface area (Å²) < 4.78 is 5.65. The van der Waals surface area contributed by atoms with Crippen molar-refractivity contribution < 1.29 is 9.84 Å². The first kappa shape index (κ1) is 14.3. The molecule has 0 unspecified atom stereocenters. The number of para-hydroxylation sites is 2. The minimum Gasteiger partial charge on any atom is -0.504 e. The molecule has 0 aliphatic carbocycles. The Morgan fingerprint density at radius 1 is 1.05 bits per heavy atom. The molecule has 0 aromatic heterocycles. The van der Waals surface area contributed by atoms with Crippen molar-refractivity contribution in [1.82, 2.24) is 0 Å². The highest BCUT2D eigenvalue weighted by Gasteiger charge is 2.07. The summed E-state index contributed by atoms with van der Waals surface area (Å²) in [7, 11) is 0. The molecule has 3 N–H and O–H groups in total. The number of benzene rings is 2. The van der Waals surface area contributed by atoms with Gasteiger partial charge in [0, 0.05) is 0 Å². The average Bonchev–Trinajstić information content (AvgIpc) is 2.44. The van der Waals surface area contributed by atoms with Gasteiger partial charge in [0.2, 0.25) is 0 Å². The van der Waals surface area contributed by atoms with Crippen LogP contribution in [0.25, 0.3) is 0 Å². The first-order valence-electron chi connectivity index (χ1n) is 7.05. The van der Waals surface area contributed by atoms with E-state index >= 15 is 0 Å². The molecule has 2 aromatic carbocycles. The van der Waals surface area contributed by atoms with E-state index in [2.05, 4.69) is 6.92 Å². The van der Waals surface area contributed by atoms with E-state index in [0.29, 0.717) is 17.2 Å². The van der Waals surface area contributed by atoms with Gasteiger partial charge in [-0.05, 0) is 42.7 Å². The topological polar surface area (TPSA) is 55.5 Å². The van der Waals surface area contributed by atoms with Crippen LogP contribution in [0.5, 0.6) is 17.2 Å². The number of nitrogen functional groups attached to an aromatic ring is 1. The summed E-state index contributed by atoms with van der Waals surface area (Å²) in [6.45, 7) is 2.18. The fraction of sp³-hybridized carbons (Fsp3) is 0.294. The SMILES string of the molecule is CCCCCc1ccc(Oc2ccccc2N)c(O)c1. The van der Waals surface area contributed by atoms with Gasteiger partial charge in [0.25, 0.3) is 0 Å². The molecule has 0 saturated carbocycles. The second-order valence-corrected chi connectivity index (χ2v) is 4.90. The van der Waals surface area contributed by atoms with Gasteiger partial charge < -0.3 is 15.6 Å². The fourth-order valence-electron chi connectivity index (χ4n) is 2.08. The third kappa shape index (κ3) is 3.67. The molecule has 0 aliphatic rings. The second-order valence-electron chi connectivity index (χ2n) is 4.90. The van der Waals surface area contributed by atoms with Crippen LogP contribution in [0.1, 0.15) is 31.7 Å². The highest BCUT2D eigenvalue weighted by Crippen LogP contribution is 2.34. The summed E-state index contributed by atoms with van der Waals surface area (Å²) in [6, 6.07) is 12.8. The fourth-order valence-corrected chi connectivity index (χ4v) is 2.08. The van der Waals surface area contributed by atoms with Crippen LogP contribution >= 0.6 is 0 Å². The zero-order valence-corrected chi connectivity index (χ0v) is 11.8. The highest BCUT2D eigenvalue weighted by atomic mass is 16.5. The normalized spacial score (nSPS) is 10.4. The minimum absolute atomic E-state index is 0.155. The number of aryl methyl sites for hydroxylation is 1.